The lowest BCUT2D eigenvalue weighted by molar-refractivity contribution is -0.206. The maximum absolute atomic E-state index is 11.4. The van der Waals surface area contributed by atoms with Crippen LogP contribution in [0.5, 0.6) is 0 Å². The Kier molecular flexibility index (Phi) is 8.05. The zero-order valence-electron chi connectivity index (χ0n) is 22.0. The van der Waals surface area contributed by atoms with Crippen LogP contribution in [0.25, 0.3) is 0 Å². The van der Waals surface area contributed by atoms with Crippen molar-refractivity contribution < 1.29 is 32.5 Å². The van der Waals surface area contributed by atoms with E-state index in [1.54, 1.807) is 0 Å². The standard InChI is InChI=1S/C27H48O7S/c1-16(15-34-35(31,32)33)6-5-7-17(2)18-8-9-19-24-20(10-12-26(18,19)3)27(4)13-11-22(28)25(30)21(27)14-23(24)29/h16-25,28-30H,5-15H2,1-4H3,(H,31,32,33)/t16-,17+,18+,19-,20-,21-,22+,23+,24-,25+,26+,27+/m0/s1. The Bertz CT molecular complexity index is 848. The molecule has 0 aromatic rings. The minimum atomic E-state index is -4.37. The van der Waals surface area contributed by atoms with Crippen molar-refractivity contribution in [3.8, 4) is 0 Å². The molecule has 0 aromatic heterocycles. The van der Waals surface area contributed by atoms with E-state index in [0.29, 0.717) is 36.5 Å². The summed E-state index contributed by atoms with van der Waals surface area (Å²) in [5.74, 6) is 2.44. The Hall–Kier alpha value is -0.250. The molecule has 4 aliphatic rings. The summed E-state index contributed by atoms with van der Waals surface area (Å²) in [6, 6.07) is 0. The molecule has 0 heterocycles. The van der Waals surface area contributed by atoms with Crippen LogP contribution in [-0.2, 0) is 14.6 Å². The zero-order chi connectivity index (χ0) is 25.8. The lowest BCUT2D eigenvalue weighted by atomic mass is 9.43. The van der Waals surface area contributed by atoms with Gasteiger partial charge in [0.15, 0.2) is 0 Å². The summed E-state index contributed by atoms with van der Waals surface area (Å²) in [6.07, 6.45) is 7.98. The number of hydrogen-bond donors (Lipinski definition) is 4. The first kappa shape index (κ1) is 27.8. The quantitative estimate of drug-likeness (QED) is 0.356. The maximum Gasteiger partial charge on any atom is 0.397 e. The van der Waals surface area contributed by atoms with E-state index in [0.717, 1.165) is 38.5 Å². The molecule has 0 unspecified atom stereocenters. The van der Waals surface area contributed by atoms with Gasteiger partial charge in [-0.25, -0.2) is 4.18 Å². The average Bonchev–Trinajstić information content (AvgIpc) is 3.13. The van der Waals surface area contributed by atoms with Gasteiger partial charge in [-0.15, -0.1) is 0 Å². The van der Waals surface area contributed by atoms with Crippen LogP contribution in [0.3, 0.4) is 0 Å². The first-order valence-electron chi connectivity index (χ1n) is 13.9. The fourth-order valence-corrected chi connectivity index (χ4v) is 9.91. The van der Waals surface area contributed by atoms with Crippen molar-refractivity contribution in [1.29, 1.82) is 0 Å². The molecule has 4 N–H and O–H groups in total. The van der Waals surface area contributed by atoms with Gasteiger partial charge < -0.3 is 15.3 Å². The lowest BCUT2D eigenvalue weighted by Crippen LogP contribution is -2.62. The van der Waals surface area contributed by atoms with Gasteiger partial charge in [-0.1, -0.05) is 40.5 Å². The molecule has 0 amide bonds. The Morgan fingerprint density at radius 3 is 2.23 bits per heavy atom. The molecule has 4 fully saturated rings. The highest BCUT2D eigenvalue weighted by molar-refractivity contribution is 7.80. The fourth-order valence-electron chi connectivity index (χ4n) is 9.51. The van der Waals surface area contributed by atoms with Crippen molar-refractivity contribution in [3.63, 3.8) is 0 Å². The summed E-state index contributed by atoms with van der Waals surface area (Å²) in [6.45, 7) is 9.11. The molecule has 0 radical (unpaired) electrons. The van der Waals surface area contributed by atoms with Crippen molar-refractivity contribution >= 4 is 10.4 Å². The monoisotopic (exact) mass is 516 g/mol. The molecule has 4 rings (SSSR count). The van der Waals surface area contributed by atoms with E-state index >= 15 is 0 Å². The van der Waals surface area contributed by atoms with Crippen LogP contribution in [-0.4, -0.2) is 53.2 Å². The van der Waals surface area contributed by atoms with E-state index in [4.69, 9.17) is 4.55 Å². The predicted molar refractivity (Wildman–Crippen MR) is 134 cm³/mol. The molecule has 35 heavy (non-hydrogen) atoms. The molecule has 0 spiro atoms. The molecule has 8 heteroatoms. The second-order valence-electron chi connectivity index (χ2n) is 13.3. The summed E-state index contributed by atoms with van der Waals surface area (Å²) < 4.78 is 34.9. The van der Waals surface area contributed by atoms with E-state index in [2.05, 4.69) is 25.0 Å². The van der Waals surface area contributed by atoms with Gasteiger partial charge in [-0.05, 0) is 104 Å². The van der Waals surface area contributed by atoms with Crippen LogP contribution in [0.2, 0.25) is 0 Å². The summed E-state index contributed by atoms with van der Waals surface area (Å²) >= 11 is 0. The SMILES string of the molecule is C[C@@H](CCC[C@@H](C)[C@H]1CC[C@H]2[C@@H]3[C@H](O)C[C@H]4[C@@H](O)[C@H](O)CC[C@]4(C)[C@H]3CC[C@]12C)COS(=O)(=O)O. The van der Waals surface area contributed by atoms with Gasteiger partial charge in [0, 0.05) is 0 Å². The van der Waals surface area contributed by atoms with E-state index in [1.807, 2.05) is 6.92 Å². The molecule has 0 saturated heterocycles. The van der Waals surface area contributed by atoms with Crippen molar-refractivity contribution in [2.75, 3.05) is 6.61 Å². The third-order valence-electron chi connectivity index (χ3n) is 11.4. The normalized spacial score (nSPS) is 47.4. The highest BCUT2D eigenvalue weighted by Gasteiger charge is 2.64. The van der Waals surface area contributed by atoms with Gasteiger partial charge in [0.05, 0.1) is 24.9 Å². The number of fused-ring (bicyclic) bond motifs is 5. The fraction of sp³-hybridized carbons (Fsp3) is 1.00. The Morgan fingerprint density at radius 1 is 0.886 bits per heavy atom. The van der Waals surface area contributed by atoms with Gasteiger partial charge in [-0.2, -0.15) is 8.42 Å². The first-order valence-corrected chi connectivity index (χ1v) is 15.3. The molecule has 0 bridgehead atoms. The van der Waals surface area contributed by atoms with E-state index in [-0.39, 0.29) is 35.2 Å². The third-order valence-corrected chi connectivity index (χ3v) is 11.8. The highest BCUT2D eigenvalue weighted by Crippen LogP contribution is 2.68. The Morgan fingerprint density at radius 2 is 1.54 bits per heavy atom. The van der Waals surface area contributed by atoms with Crippen LogP contribution in [0.4, 0.5) is 0 Å². The van der Waals surface area contributed by atoms with Crippen molar-refractivity contribution in [1.82, 2.24) is 0 Å². The molecule has 4 aliphatic carbocycles. The molecule has 7 nitrogen and oxygen atoms in total. The minimum Gasteiger partial charge on any atom is -0.393 e. The van der Waals surface area contributed by atoms with Crippen LogP contribution in [0, 0.1) is 52.3 Å². The van der Waals surface area contributed by atoms with E-state index in [9.17, 15) is 23.7 Å². The van der Waals surface area contributed by atoms with E-state index < -0.39 is 28.7 Å². The largest absolute Gasteiger partial charge is 0.397 e. The van der Waals surface area contributed by atoms with E-state index in [1.165, 1.54) is 12.8 Å². The summed E-state index contributed by atoms with van der Waals surface area (Å²) in [4.78, 5) is 0. The highest BCUT2D eigenvalue weighted by atomic mass is 32.3. The molecule has 0 aliphatic heterocycles. The van der Waals surface area contributed by atoms with Crippen LogP contribution in [0.15, 0.2) is 0 Å². The lowest BCUT2D eigenvalue weighted by Gasteiger charge is -2.63. The third kappa shape index (κ3) is 5.22. The second kappa shape index (κ2) is 10.1. The van der Waals surface area contributed by atoms with Gasteiger partial charge in [0.25, 0.3) is 0 Å². The molecule has 4 saturated carbocycles. The average molecular weight is 517 g/mol. The van der Waals surface area contributed by atoms with Crippen LogP contribution >= 0.6 is 0 Å². The maximum atomic E-state index is 11.4. The number of aliphatic hydroxyl groups is 3. The van der Waals surface area contributed by atoms with Gasteiger partial charge in [0.1, 0.15) is 0 Å². The Balaban J connectivity index is 1.39. The first-order chi connectivity index (χ1) is 16.3. The molecular formula is C27H48O7S. The predicted octanol–water partition coefficient (Wildman–Crippen LogP) is 4.21. The topological polar surface area (TPSA) is 124 Å². The van der Waals surface area contributed by atoms with Gasteiger partial charge in [-0.3, -0.25) is 4.55 Å². The number of hydrogen-bond acceptors (Lipinski definition) is 6. The molecular weight excluding hydrogens is 468 g/mol. The second-order valence-corrected chi connectivity index (χ2v) is 14.3. The molecule has 204 valence electrons. The molecule has 12 atom stereocenters. The van der Waals surface area contributed by atoms with Gasteiger partial charge in [0.2, 0.25) is 0 Å². The van der Waals surface area contributed by atoms with Crippen molar-refractivity contribution in [2.24, 2.45) is 52.3 Å². The summed E-state index contributed by atoms with van der Waals surface area (Å²) in [5.41, 5.74) is 0.213. The van der Waals surface area contributed by atoms with Crippen LogP contribution < -0.4 is 0 Å². The minimum absolute atomic E-state index is 0.00612. The van der Waals surface area contributed by atoms with Crippen molar-refractivity contribution in [2.45, 2.75) is 110 Å². The zero-order valence-corrected chi connectivity index (χ0v) is 22.8. The summed E-state index contributed by atoms with van der Waals surface area (Å²) in [7, 11) is -4.37. The Labute approximate surface area is 212 Å². The number of aliphatic hydroxyl groups excluding tert-OH is 3. The van der Waals surface area contributed by atoms with Crippen LogP contribution in [0.1, 0.15) is 91.9 Å². The summed E-state index contributed by atoms with van der Waals surface area (Å²) in [5, 5.41) is 32.5. The molecule has 0 aromatic carbocycles. The van der Waals surface area contributed by atoms with Gasteiger partial charge >= 0.3 is 10.4 Å². The smallest absolute Gasteiger partial charge is 0.393 e. The number of rotatable bonds is 8. The van der Waals surface area contributed by atoms with Crippen molar-refractivity contribution in [3.05, 3.63) is 0 Å².